The highest BCUT2D eigenvalue weighted by molar-refractivity contribution is 5.90. The molecule has 1 aliphatic carbocycles. The topological polar surface area (TPSA) is 139 Å². The lowest BCUT2D eigenvalue weighted by Crippen LogP contribution is -2.46. The lowest BCUT2D eigenvalue weighted by molar-refractivity contribution is -0.182. The van der Waals surface area contributed by atoms with Gasteiger partial charge in [-0.1, -0.05) is 37.3 Å². The van der Waals surface area contributed by atoms with E-state index in [2.05, 4.69) is 0 Å². The van der Waals surface area contributed by atoms with Gasteiger partial charge in [0.05, 0.1) is 21.3 Å². The number of hydrogen-bond donors (Lipinski definition) is 2. The third kappa shape index (κ3) is 5.24. The zero-order valence-corrected chi connectivity index (χ0v) is 25.2. The fraction of sp³-hybridized carbons (Fsp3) is 0.333. The van der Waals surface area contributed by atoms with E-state index in [1.54, 1.807) is 19.1 Å². The first-order valence-corrected chi connectivity index (χ1v) is 13.8. The first-order valence-electron chi connectivity index (χ1n) is 13.8. The van der Waals surface area contributed by atoms with Crippen molar-refractivity contribution in [2.45, 2.75) is 38.6 Å². The van der Waals surface area contributed by atoms with Crippen molar-refractivity contribution in [3.63, 3.8) is 0 Å². The minimum atomic E-state index is -1.87. The second-order valence-electron chi connectivity index (χ2n) is 10.6. The molecular weight excluding hydrogens is 572 g/mol. The molecule has 4 atom stereocenters. The van der Waals surface area contributed by atoms with Gasteiger partial charge in [-0.25, -0.2) is 4.79 Å². The van der Waals surface area contributed by atoms with Crippen LogP contribution in [0.3, 0.4) is 0 Å². The molecule has 0 bridgehead atoms. The van der Waals surface area contributed by atoms with Gasteiger partial charge in [0.25, 0.3) is 0 Å². The highest BCUT2D eigenvalue weighted by atomic mass is 16.7. The van der Waals surface area contributed by atoms with Crippen molar-refractivity contribution in [2.24, 2.45) is 5.92 Å². The van der Waals surface area contributed by atoms with Crippen molar-refractivity contribution in [1.82, 2.24) is 0 Å². The summed E-state index contributed by atoms with van der Waals surface area (Å²) < 4.78 is 40.1. The largest absolute Gasteiger partial charge is 0.504 e. The zero-order valence-electron chi connectivity index (χ0n) is 25.2. The van der Waals surface area contributed by atoms with Gasteiger partial charge in [-0.15, -0.1) is 0 Å². The molecule has 0 unspecified atom stereocenters. The van der Waals surface area contributed by atoms with Gasteiger partial charge in [0, 0.05) is 41.2 Å². The molecule has 0 saturated heterocycles. The molecule has 0 radical (unpaired) electrons. The van der Waals surface area contributed by atoms with E-state index in [9.17, 15) is 19.8 Å². The molecule has 5 rings (SSSR count). The van der Waals surface area contributed by atoms with E-state index in [-0.39, 0.29) is 46.5 Å². The third-order valence-electron chi connectivity index (χ3n) is 8.01. The summed E-state index contributed by atoms with van der Waals surface area (Å²) in [6.07, 6.45) is 0.340. The van der Waals surface area contributed by atoms with Crippen molar-refractivity contribution in [3.05, 3.63) is 65.2 Å². The SMILES string of the molecule is COc1cc2c(c(O)c1OC)-c1c(cc3c(c1OC)OCO3)[C@H](OC(=O)C=Cc1ccccc1)[C@@H](C)[C@](C)(O)[C@@H]2OC(C)=O. The van der Waals surface area contributed by atoms with Gasteiger partial charge in [-0.2, -0.15) is 0 Å². The van der Waals surface area contributed by atoms with Gasteiger partial charge in [0.15, 0.2) is 29.1 Å². The summed E-state index contributed by atoms with van der Waals surface area (Å²) in [5.74, 6) is -1.87. The van der Waals surface area contributed by atoms with E-state index >= 15 is 0 Å². The average molecular weight is 607 g/mol. The van der Waals surface area contributed by atoms with Crippen molar-refractivity contribution < 1.29 is 53.0 Å². The van der Waals surface area contributed by atoms with Crippen LogP contribution in [0, 0.1) is 5.92 Å². The normalized spacial score (nSPS) is 21.8. The Morgan fingerprint density at radius 3 is 2.30 bits per heavy atom. The minimum Gasteiger partial charge on any atom is -0.504 e. The fourth-order valence-electron chi connectivity index (χ4n) is 5.71. The number of hydrogen-bond acceptors (Lipinski definition) is 11. The molecule has 3 aromatic carbocycles. The van der Waals surface area contributed by atoms with E-state index < -0.39 is 41.4 Å². The molecule has 232 valence electrons. The number of fused-ring (bicyclic) bond motifs is 4. The maximum Gasteiger partial charge on any atom is 0.331 e. The number of rotatable bonds is 7. The average Bonchev–Trinajstić information content (AvgIpc) is 3.48. The molecule has 2 aliphatic rings. The first-order chi connectivity index (χ1) is 21.0. The molecule has 0 aromatic heterocycles. The molecule has 0 saturated carbocycles. The van der Waals surface area contributed by atoms with Crippen LogP contribution in [-0.2, 0) is 19.1 Å². The molecule has 11 heteroatoms. The van der Waals surface area contributed by atoms with E-state index in [4.69, 9.17) is 33.2 Å². The van der Waals surface area contributed by atoms with E-state index in [1.807, 2.05) is 30.3 Å². The van der Waals surface area contributed by atoms with E-state index in [0.29, 0.717) is 11.3 Å². The number of phenolic OH excluding ortho intramolecular Hbond substituents is 1. The van der Waals surface area contributed by atoms with Crippen LogP contribution in [0.5, 0.6) is 34.5 Å². The highest BCUT2D eigenvalue weighted by Crippen LogP contribution is 2.61. The van der Waals surface area contributed by atoms with E-state index in [1.165, 1.54) is 47.3 Å². The maximum absolute atomic E-state index is 13.3. The number of ether oxygens (including phenoxy) is 7. The smallest absolute Gasteiger partial charge is 0.331 e. The lowest BCUT2D eigenvalue weighted by Gasteiger charge is -2.43. The van der Waals surface area contributed by atoms with Crippen molar-refractivity contribution in [1.29, 1.82) is 0 Å². The molecule has 0 spiro atoms. The number of carbonyl (C=O) groups excluding carboxylic acids is 2. The predicted molar refractivity (Wildman–Crippen MR) is 158 cm³/mol. The van der Waals surface area contributed by atoms with Crippen molar-refractivity contribution in [3.8, 4) is 45.6 Å². The summed E-state index contributed by atoms with van der Waals surface area (Å²) in [5.41, 5.74) is -0.212. The van der Waals surface area contributed by atoms with Crippen molar-refractivity contribution >= 4 is 18.0 Å². The lowest BCUT2D eigenvalue weighted by atomic mass is 9.71. The Bertz CT molecular complexity index is 1610. The molecule has 0 fully saturated rings. The second kappa shape index (κ2) is 12.0. The second-order valence-corrected chi connectivity index (χ2v) is 10.6. The molecule has 3 aromatic rings. The van der Waals surface area contributed by atoms with Crippen LogP contribution in [-0.4, -0.2) is 55.9 Å². The number of carbonyl (C=O) groups is 2. The quantitative estimate of drug-likeness (QED) is 0.274. The number of methoxy groups -OCH3 is 3. The van der Waals surface area contributed by atoms with Gasteiger partial charge in [-0.3, -0.25) is 4.79 Å². The number of aromatic hydroxyl groups is 1. The standard InChI is InChI=1S/C33H34O11/c1-17-28(44-24(35)13-12-19-10-8-7-9-11-19)20-14-23-30(42-16-41-23)31(40-6)26(20)25-21(32(33(17,3)37)43-18(2)34)15-22(38-4)29(39-5)27(25)36/h7-15,17,28,32,36-37H,16H2,1-6H3/t17-,28-,32-,33+/m1/s1. The van der Waals surface area contributed by atoms with Crippen LogP contribution >= 0.6 is 0 Å². The van der Waals surface area contributed by atoms with Gasteiger partial charge < -0.3 is 43.4 Å². The number of esters is 2. The summed E-state index contributed by atoms with van der Waals surface area (Å²) >= 11 is 0. The maximum atomic E-state index is 13.3. The molecule has 0 amide bonds. The minimum absolute atomic E-state index is 0.0221. The van der Waals surface area contributed by atoms with E-state index in [0.717, 1.165) is 5.56 Å². The highest BCUT2D eigenvalue weighted by Gasteiger charge is 2.51. The van der Waals surface area contributed by atoms with Crippen LogP contribution < -0.4 is 23.7 Å². The van der Waals surface area contributed by atoms with Crippen LogP contribution in [0.2, 0.25) is 0 Å². The molecule has 2 N–H and O–H groups in total. The monoisotopic (exact) mass is 606 g/mol. The fourth-order valence-corrected chi connectivity index (χ4v) is 5.71. The summed E-state index contributed by atoms with van der Waals surface area (Å²) in [7, 11) is 4.16. The summed E-state index contributed by atoms with van der Waals surface area (Å²) in [5, 5.41) is 24.0. The Balaban J connectivity index is 1.83. The molecular formula is C33H34O11. The zero-order chi connectivity index (χ0) is 31.8. The summed E-state index contributed by atoms with van der Waals surface area (Å²) in [6.45, 7) is 4.24. The Labute approximate surface area is 254 Å². The molecule has 1 aliphatic heterocycles. The van der Waals surface area contributed by atoms with Gasteiger partial charge in [0.2, 0.25) is 18.3 Å². The Morgan fingerprint density at radius 2 is 1.66 bits per heavy atom. The third-order valence-corrected chi connectivity index (χ3v) is 8.01. The molecule has 44 heavy (non-hydrogen) atoms. The number of phenols is 1. The van der Waals surface area contributed by atoms with Crippen LogP contribution in [0.4, 0.5) is 0 Å². The summed E-state index contributed by atoms with van der Waals surface area (Å²) in [4.78, 5) is 25.8. The number of aliphatic hydroxyl groups is 1. The van der Waals surface area contributed by atoms with Gasteiger partial charge in [-0.05, 0) is 30.7 Å². The first kappa shape index (κ1) is 30.6. The van der Waals surface area contributed by atoms with Crippen molar-refractivity contribution in [2.75, 3.05) is 28.1 Å². The summed E-state index contributed by atoms with van der Waals surface area (Å²) in [6, 6.07) is 12.3. The molecule has 1 heterocycles. The van der Waals surface area contributed by atoms with Gasteiger partial charge in [0.1, 0.15) is 11.7 Å². The molecule has 11 nitrogen and oxygen atoms in total. The van der Waals surface area contributed by atoms with Crippen LogP contribution in [0.1, 0.15) is 49.7 Å². The van der Waals surface area contributed by atoms with Crippen LogP contribution in [0.25, 0.3) is 17.2 Å². The Hall–Kier alpha value is -4.90. The predicted octanol–water partition coefficient (Wildman–Crippen LogP) is 5.12. The Morgan fingerprint density at radius 1 is 0.955 bits per heavy atom. The Kier molecular flexibility index (Phi) is 8.33. The van der Waals surface area contributed by atoms with Crippen LogP contribution in [0.15, 0.2) is 48.5 Å². The van der Waals surface area contributed by atoms with Gasteiger partial charge >= 0.3 is 11.9 Å². The number of benzene rings is 3.